The summed E-state index contributed by atoms with van der Waals surface area (Å²) in [7, 11) is 0. The lowest BCUT2D eigenvalue weighted by Gasteiger charge is -2.39. The van der Waals surface area contributed by atoms with Gasteiger partial charge in [-0.3, -0.25) is 0 Å². The summed E-state index contributed by atoms with van der Waals surface area (Å²) in [5.74, 6) is 1.81. The molecule has 0 aliphatic heterocycles. The molecule has 0 radical (unpaired) electrons. The molecular weight excluding hydrogens is 174 g/mol. The fourth-order valence-electron chi connectivity index (χ4n) is 2.05. The SMILES string of the molecule is CCOC(C)CNC1CC(C(C)C)C1. The number of rotatable bonds is 6. The maximum atomic E-state index is 5.47. The summed E-state index contributed by atoms with van der Waals surface area (Å²) in [6.45, 7) is 10.7. The highest BCUT2D eigenvalue weighted by atomic mass is 16.5. The maximum absolute atomic E-state index is 5.47. The van der Waals surface area contributed by atoms with Crippen LogP contribution in [0.25, 0.3) is 0 Å². The molecule has 0 heterocycles. The second kappa shape index (κ2) is 5.72. The third-order valence-electron chi connectivity index (χ3n) is 3.26. The van der Waals surface area contributed by atoms with Crippen LogP contribution in [0.4, 0.5) is 0 Å². The highest BCUT2D eigenvalue weighted by Crippen LogP contribution is 2.33. The molecular formula is C12H25NO. The molecule has 1 atom stereocenters. The van der Waals surface area contributed by atoms with E-state index in [0.29, 0.717) is 6.10 Å². The summed E-state index contributed by atoms with van der Waals surface area (Å²) in [4.78, 5) is 0. The summed E-state index contributed by atoms with van der Waals surface area (Å²) in [6.07, 6.45) is 3.07. The molecule has 84 valence electrons. The zero-order valence-corrected chi connectivity index (χ0v) is 10.0. The summed E-state index contributed by atoms with van der Waals surface area (Å²) in [5.41, 5.74) is 0. The minimum Gasteiger partial charge on any atom is -0.377 e. The van der Waals surface area contributed by atoms with Crippen molar-refractivity contribution in [2.45, 2.75) is 52.7 Å². The standard InChI is InChI=1S/C12H25NO/c1-5-14-10(4)8-13-12-6-11(7-12)9(2)3/h9-13H,5-8H2,1-4H3. The van der Waals surface area contributed by atoms with Crippen LogP contribution in [0.5, 0.6) is 0 Å². The van der Waals surface area contributed by atoms with Crippen LogP contribution in [-0.4, -0.2) is 25.3 Å². The van der Waals surface area contributed by atoms with E-state index in [1.165, 1.54) is 12.8 Å². The lowest BCUT2D eigenvalue weighted by atomic mass is 9.73. The van der Waals surface area contributed by atoms with Crippen molar-refractivity contribution in [3.63, 3.8) is 0 Å². The van der Waals surface area contributed by atoms with E-state index in [4.69, 9.17) is 4.74 Å². The van der Waals surface area contributed by atoms with Gasteiger partial charge in [0.05, 0.1) is 6.10 Å². The molecule has 14 heavy (non-hydrogen) atoms. The Kier molecular flexibility index (Phi) is 4.90. The monoisotopic (exact) mass is 199 g/mol. The van der Waals surface area contributed by atoms with Crippen LogP contribution in [0.2, 0.25) is 0 Å². The highest BCUT2D eigenvalue weighted by Gasteiger charge is 2.30. The van der Waals surface area contributed by atoms with Crippen LogP contribution >= 0.6 is 0 Å². The highest BCUT2D eigenvalue weighted by molar-refractivity contribution is 4.86. The van der Waals surface area contributed by atoms with Crippen LogP contribution in [0.15, 0.2) is 0 Å². The Morgan fingerprint density at radius 2 is 1.93 bits per heavy atom. The van der Waals surface area contributed by atoms with Gasteiger partial charge in [0.15, 0.2) is 0 Å². The van der Waals surface area contributed by atoms with E-state index in [1.807, 2.05) is 0 Å². The lowest BCUT2D eigenvalue weighted by Crippen LogP contribution is -2.45. The molecule has 1 fully saturated rings. The molecule has 0 aromatic heterocycles. The van der Waals surface area contributed by atoms with E-state index in [2.05, 4.69) is 33.0 Å². The van der Waals surface area contributed by atoms with Crippen molar-refractivity contribution in [2.75, 3.05) is 13.2 Å². The largest absolute Gasteiger partial charge is 0.377 e. The summed E-state index contributed by atoms with van der Waals surface area (Å²) in [5, 5.41) is 3.56. The Labute approximate surface area is 88.4 Å². The van der Waals surface area contributed by atoms with Crippen molar-refractivity contribution in [3.8, 4) is 0 Å². The van der Waals surface area contributed by atoms with Crippen LogP contribution in [0, 0.1) is 11.8 Å². The Morgan fingerprint density at radius 3 is 2.43 bits per heavy atom. The molecule has 0 aromatic rings. The quantitative estimate of drug-likeness (QED) is 0.709. The maximum Gasteiger partial charge on any atom is 0.0671 e. The zero-order chi connectivity index (χ0) is 10.6. The average molecular weight is 199 g/mol. The van der Waals surface area contributed by atoms with Gasteiger partial charge in [-0.25, -0.2) is 0 Å². The summed E-state index contributed by atoms with van der Waals surface area (Å²) >= 11 is 0. The number of hydrogen-bond donors (Lipinski definition) is 1. The first kappa shape index (κ1) is 12.0. The summed E-state index contributed by atoms with van der Waals surface area (Å²) < 4.78 is 5.47. The van der Waals surface area contributed by atoms with Crippen LogP contribution < -0.4 is 5.32 Å². The second-order valence-corrected chi connectivity index (χ2v) is 4.85. The van der Waals surface area contributed by atoms with Crippen molar-refractivity contribution in [1.82, 2.24) is 5.32 Å². The second-order valence-electron chi connectivity index (χ2n) is 4.85. The Morgan fingerprint density at radius 1 is 1.29 bits per heavy atom. The van der Waals surface area contributed by atoms with E-state index in [1.54, 1.807) is 0 Å². The number of hydrogen-bond acceptors (Lipinski definition) is 2. The van der Waals surface area contributed by atoms with Gasteiger partial charge in [0.1, 0.15) is 0 Å². The third kappa shape index (κ3) is 3.58. The van der Waals surface area contributed by atoms with E-state index < -0.39 is 0 Å². The molecule has 1 unspecified atom stereocenters. The Balaban J connectivity index is 2.00. The smallest absolute Gasteiger partial charge is 0.0671 e. The van der Waals surface area contributed by atoms with Gasteiger partial charge in [-0.1, -0.05) is 13.8 Å². The first-order chi connectivity index (χ1) is 6.63. The molecule has 0 aromatic carbocycles. The number of ether oxygens (including phenoxy) is 1. The molecule has 1 N–H and O–H groups in total. The van der Waals surface area contributed by atoms with E-state index in [0.717, 1.165) is 31.0 Å². The first-order valence-electron chi connectivity index (χ1n) is 5.98. The minimum atomic E-state index is 0.359. The van der Waals surface area contributed by atoms with Crippen molar-refractivity contribution in [1.29, 1.82) is 0 Å². The molecule has 0 amide bonds. The fraction of sp³-hybridized carbons (Fsp3) is 1.00. The van der Waals surface area contributed by atoms with Crippen LogP contribution in [0.1, 0.15) is 40.5 Å². The van der Waals surface area contributed by atoms with Crippen LogP contribution in [-0.2, 0) is 4.74 Å². The molecule has 0 saturated heterocycles. The van der Waals surface area contributed by atoms with E-state index in [9.17, 15) is 0 Å². The van der Waals surface area contributed by atoms with Gasteiger partial charge in [0, 0.05) is 19.2 Å². The predicted molar refractivity (Wildman–Crippen MR) is 60.4 cm³/mol. The Hall–Kier alpha value is -0.0800. The lowest BCUT2D eigenvalue weighted by molar-refractivity contribution is 0.0651. The Bertz CT molecular complexity index is 152. The average Bonchev–Trinajstić information content (AvgIpc) is 2.01. The molecule has 2 nitrogen and oxygen atoms in total. The van der Waals surface area contributed by atoms with Crippen molar-refractivity contribution >= 4 is 0 Å². The third-order valence-corrected chi connectivity index (χ3v) is 3.26. The normalized spacial score (nSPS) is 28.9. The predicted octanol–water partition coefficient (Wildman–Crippen LogP) is 2.44. The van der Waals surface area contributed by atoms with Gasteiger partial charge >= 0.3 is 0 Å². The van der Waals surface area contributed by atoms with Gasteiger partial charge < -0.3 is 10.1 Å². The molecule has 1 aliphatic rings. The van der Waals surface area contributed by atoms with Gasteiger partial charge in [0.25, 0.3) is 0 Å². The van der Waals surface area contributed by atoms with Gasteiger partial charge in [-0.2, -0.15) is 0 Å². The molecule has 1 saturated carbocycles. The molecule has 1 aliphatic carbocycles. The number of nitrogens with one attached hydrogen (secondary N) is 1. The van der Waals surface area contributed by atoms with Gasteiger partial charge in [-0.05, 0) is 38.5 Å². The molecule has 0 bridgehead atoms. The minimum absolute atomic E-state index is 0.359. The van der Waals surface area contributed by atoms with E-state index in [-0.39, 0.29) is 0 Å². The molecule has 1 rings (SSSR count). The van der Waals surface area contributed by atoms with E-state index >= 15 is 0 Å². The van der Waals surface area contributed by atoms with Crippen LogP contribution in [0.3, 0.4) is 0 Å². The van der Waals surface area contributed by atoms with Crippen molar-refractivity contribution < 1.29 is 4.74 Å². The molecule has 2 heteroatoms. The molecule has 0 spiro atoms. The van der Waals surface area contributed by atoms with Crippen molar-refractivity contribution in [2.24, 2.45) is 11.8 Å². The topological polar surface area (TPSA) is 21.3 Å². The zero-order valence-electron chi connectivity index (χ0n) is 10.0. The van der Waals surface area contributed by atoms with Crippen molar-refractivity contribution in [3.05, 3.63) is 0 Å². The first-order valence-corrected chi connectivity index (χ1v) is 5.98. The summed E-state index contributed by atoms with van der Waals surface area (Å²) in [6, 6.07) is 0.755. The van der Waals surface area contributed by atoms with Gasteiger partial charge in [0.2, 0.25) is 0 Å². The fourth-order valence-corrected chi connectivity index (χ4v) is 2.05. The van der Waals surface area contributed by atoms with Gasteiger partial charge in [-0.15, -0.1) is 0 Å².